The highest BCUT2D eigenvalue weighted by Gasteiger charge is 2.26. The molecule has 0 saturated heterocycles. The Morgan fingerprint density at radius 3 is 2.50 bits per heavy atom. The van der Waals surface area contributed by atoms with E-state index in [1.165, 1.54) is 5.56 Å². The molecule has 1 aromatic rings. The third-order valence-corrected chi connectivity index (χ3v) is 2.96. The van der Waals surface area contributed by atoms with Gasteiger partial charge in [-0.2, -0.15) is 0 Å². The van der Waals surface area contributed by atoms with Crippen molar-refractivity contribution >= 4 is 16.8 Å². The fourth-order valence-electron chi connectivity index (χ4n) is 1.28. The van der Waals surface area contributed by atoms with Gasteiger partial charge in [0.15, 0.2) is 0 Å². The molecule has 88 valence electrons. The SMILES string of the molecule is Cc1ccc(OCC(C)(C)C(=O)Cl)c(C)c1. The molecule has 0 spiro atoms. The summed E-state index contributed by atoms with van der Waals surface area (Å²) in [5.41, 5.74) is 1.61. The first-order valence-electron chi connectivity index (χ1n) is 5.23. The van der Waals surface area contributed by atoms with Crippen molar-refractivity contribution in [1.29, 1.82) is 0 Å². The number of halogens is 1. The van der Waals surface area contributed by atoms with Gasteiger partial charge < -0.3 is 4.74 Å². The van der Waals surface area contributed by atoms with Crippen LogP contribution >= 0.6 is 11.6 Å². The second kappa shape index (κ2) is 4.88. The van der Waals surface area contributed by atoms with Gasteiger partial charge >= 0.3 is 0 Å². The molecule has 0 fully saturated rings. The monoisotopic (exact) mass is 240 g/mol. The second-order valence-electron chi connectivity index (χ2n) is 4.72. The molecule has 0 aromatic heterocycles. The van der Waals surface area contributed by atoms with Crippen molar-refractivity contribution in [3.63, 3.8) is 0 Å². The Kier molecular flexibility index (Phi) is 3.98. The standard InChI is InChI=1S/C13H17ClO2/c1-9-5-6-11(10(2)7-9)16-8-13(3,4)12(14)15/h5-7H,8H2,1-4H3. The molecule has 3 heteroatoms. The summed E-state index contributed by atoms with van der Waals surface area (Å²) in [7, 11) is 0. The second-order valence-corrected chi connectivity index (χ2v) is 5.06. The fourth-order valence-corrected chi connectivity index (χ4v) is 1.33. The highest BCUT2D eigenvalue weighted by molar-refractivity contribution is 6.64. The molecule has 1 aromatic carbocycles. The van der Waals surface area contributed by atoms with Gasteiger partial charge in [-0.05, 0) is 50.9 Å². The fraction of sp³-hybridized carbons (Fsp3) is 0.462. The van der Waals surface area contributed by atoms with Crippen molar-refractivity contribution in [1.82, 2.24) is 0 Å². The van der Waals surface area contributed by atoms with Crippen molar-refractivity contribution in [2.24, 2.45) is 5.41 Å². The summed E-state index contributed by atoms with van der Waals surface area (Å²) in [6.45, 7) is 7.85. The predicted molar refractivity (Wildman–Crippen MR) is 66.1 cm³/mol. The van der Waals surface area contributed by atoms with Crippen LogP contribution in [0.25, 0.3) is 0 Å². The lowest BCUT2D eigenvalue weighted by Gasteiger charge is -2.20. The highest BCUT2D eigenvalue weighted by Crippen LogP contribution is 2.24. The van der Waals surface area contributed by atoms with Gasteiger partial charge in [-0.1, -0.05) is 17.7 Å². The summed E-state index contributed by atoms with van der Waals surface area (Å²) in [5.74, 6) is 0.802. The minimum Gasteiger partial charge on any atom is -0.492 e. The molecule has 0 unspecified atom stereocenters. The Morgan fingerprint density at radius 1 is 1.38 bits per heavy atom. The number of carbonyl (C=O) groups excluding carboxylic acids is 1. The van der Waals surface area contributed by atoms with Crippen LogP contribution in [0, 0.1) is 19.3 Å². The summed E-state index contributed by atoms with van der Waals surface area (Å²) in [4.78, 5) is 11.1. The van der Waals surface area contributed by atoms with Crippen molar-refractivity contribution in [3.8, 4) is 5.75 Å². The highest BCUT2D eigenvalue weighted by atomic mass is 35.5. The summed E-state index contributed by atoms with van der Waals surface area (Å²) >= 11 is 5.48. The number of ether oxygens (including phenoxy) is 1. The smallest absolute Gasteiger partial charge is 0.230 e. The van der Waals surface area contributed by atoms with Crippen LogP contribution < -0.4 is 4.74 Å². The maximum atomic E-state index is 11.1. The topological polar surface area (TPSA) is 26.3 Å². The maximum Gasteiger partial charge on any atom is 0.230 e. The minimum absolute atomic E-state index is 0.291. The first-order valence-corrected chi connectivity index (χ1v) is 5.61. The van der Waals surface area contributed by atoms with Crippen molar-refractivity contribution in [3.05, 3.63) is 29.3 Å². The van der Waals surface area contributed by atoms with E-state index in [1.807, 2.05) is 32.0 Å². The van der Waals surface area contributed by atoms with E-state index in [4.69, 9.17) is 16.3 Å². The number of aryl methyl sites for hydroxylation is 2. The average Bonchev–Trinajstić information content (AvgIpc) is 2.16. The van der Waals surface area contributed by atoms with Crippen LogP contribution in [0.4, 0.5) is 0 Å². The normalized spacial score (nSPS) is 11.3. The van der Waals surface area contributed by atoms with E-state index in [1.54, 1.807) is 13.8 Å². The third kappa shape index (κ3) is 3.24. The van der Waals surface area contributed by atoms with Crippen LogP contribution in [0.5, 0.6) is 5.75 Å². The molecule has 0 aliphatic carbocycles. The predicted octanol–water partition coefficient (Wildman–Crippen LogP) is 3.47. The molecule has 2 nitrogen and oxygen atoms in total. The summed E-state index contributed by atoms with van der Waals surface area (Å²) in [5, 5.41) is -0.378. The molecule has 0 saturated carbocycles. The van der Waals surface area contributed by atoms with E-state index in [2.05, 4.69) is 0 Å². The van der Waals surface area contributed by atoms with E-state index < -0.39 is 5.41 Å². The number of hydrogen-bond donors (Lipinski definition) is 0. The quantitative estimate of drug-likeness (QED) is 0.754. The Morgan fingerprint density at radius 2 is 2.00 bits per heavy atom. The van der Waals surface area contributed by atoms with Crippen LogP contribution in [0.3, 0.4) is 0 Å². The van der Waals surface area contributed by atoms with Gasteiger partial charge in [0.25, 0.3) is 0 Å². The van der Waals surface area contributed by atoms with E-state index >= 15 is 0 Å². The molecule has 16 heavy (non-hydrogen) atoms. The molecule has 0 atom stereocenters. The Labute approximate surface area is 102 Å². The first kappa shape index (κ1) is 13.0. The largest absolute Gasteiger partial charge is 0.492 e. The molecule has 0 amide bonds. The van der Waals surface area contributed by atoms with Gasteiger partial charge in [-0.3, -0.25) is 4.79 Å². The maximum absolute atomic E-state index is 11.1. The zero-order valence-electron chi connectivity index (χ0n) is 10.1. The van der Waals surface area contributed by atoms with Crippen molar-refractivity contribution < 1.29 is 9.53 Å². The number of benzene rings is 1. The molecule has 0 radical (unpaired) electrons. The summed E-state index contributed by atoms with van der Waals surface area (Å²) < 4.78 is 5.61. The van der Waals surface area contributed by atoms with Crippen molar-refractivity contribution in [2.45, 2.75) is 27.7 Å². The molecule has 1 rings (SSSR count). The number of carbonyl (C=O) groups is 1. The van der Waals surface area contributed by atoms with Gasteiger partial charge in [0.1, 0.15) is 12.4 Å². The molecule has 0 N–H and O–H groups in total. The molecular weight excluding hydrogens is 224 g/mol. The summed E-state index contributed by atoms with van der Waals surface area (Å²) in [6.07, 6.45) is 0. The lowest BCUT2D eigenvalue weighted by molar-refractivity contribution is -0.120. The van der Waals surface area contributed by atoms with E-state index in [-0.39, 0.29) is 5.24 Å². The van der Waals surface area contributed by atoms with E-state index in [0.29, 0.717) is 6.61 Å². The van der Waals surface area contributed by atoms with Gasteiger partial charge in [-0.25, -0.2) is 0 Å². The zero-order valence-corrected chi connectivity index (χ0v) is 10.9. The first-order chi connectivity index (χ1) is 7.33. The Balaban J connectivity index is 2.72. The lowest BCUT2D eigenvalue weighted by Crippen LogP contribution is -2.27. The number of rotatable bonds is 4. The third-order valence-electron chi connectivity index (χ3n) is 2.45. The van der Waals surface area contributed by atoms with E-state index in [9.17, 15) is 4.79 Å². The van der Waals surface area contributed by atoms with Gasteiger partial charge in [0.2, 0.25) is 5.24 Å². The van der Waals surface area contributed by atoms with Gasteiger partial charge in [0.05, 0.1) is 5.41 Å². The number of hydrogen-bond acceptors (Lipinski definition) is 2. The van der Waals surface area contributed by atoms with Gasteiger partial charge in [-0.15, -0.1) is 0 Å². The van der Waals surface area contributed by atoms with Crippen LogP contribution in [0.15, 0.2) is 18.2 Å². The molecule has 0 heterocycles. The lowest BCUT2D eigenvalue weighted by atomic mass is 9.97. The van der Waals surface area contributed by atoms with Crippen LogP contribution in [-0.2, 0) is 4.79 Å². The molecule has 0 aliphatic rings. The van der Waals surface area contributed by atoms with Crippen LogP contribution in [0.2, 0.25) is 0 Å². The Hall–Kier alpha value is -1.02. The minimum atomic E-state index is -0.654. The molecule has 0 aliphatic heterocycles. The average molecular weight is 241 g/mol. The Bertz CT molecular complexity index is 397. The van der Waals surface area contributed by atoms with Crippen LogP contribution in [0.1, 0.15) is 25.0 Å². The van der Waals surface area contributed by atoms with Crippen molar-refractivity contribution in [2.75, 3.05) is 6.61 Å². The molecular formula is C13H17ClO2. The molecule has 0 bridgehead atoms. The zero-order chi connectivity index (χ0) is 12.3. The van der Waals surface area contributed by atoms with E-state index in [0.717, 1.165) is 11.3 Å². The summed E-state index contributed by atoms with van der Waals surface area (Å²) in [6, 6.07) is 5.95. The van der Waals surface area contributed by atoms with Gasteiger partial charge in [0, 0.05) is 0 Å². The van der Waals surface area contributed by atoms with Crippen LogP contribution in [-0.4, -0.2) is 11.8 Å².